The minimum absolute atomic E-state index is 0.0595. The van der Waals surface area contributed by atoms with Gasteiger partial charge in [0.2, 0.25) is 5.91 Å². The third-order valence-electron chi connectivity index (χ3n) is 2.21. The van der Waals surface area contributed by atoms with Gasteiger partial charge in [-0.25, -0.2) is 4.98 Å². The van der Waals surface area contributed by atoms with Crippen LogP contribution in [0.3, 0.4) is 0 Å². The smallest absolute Gasteiger partial charge is 0.228 e. The zero-order chi connectivity index (χ0) is 12.8. The van der Waals surface area contributed by atoms with Gasteiger partial charge in [0, 0.05) is 18.7 Å². The number of pyridine rings is 1. The monoisotopic (exact) mass is 319 g/mol. The molecule has 0 bridgehead atoms. The van der Waals surface area contributed by atoms with Gasteiger partial charge in [0.15, 0.2) is 0 Å². The van der Waals surface area contributed by atoms with Gasteiger partial charge >= 0.3 is 0 Å². The Morgan fingerprint density at radius 3 is 3.00 bits per heavy atom. The fourth-order valence-corrected chi connectivity index (χ4v) is 1.69. The van der Waals surface area contributed by atoms with E-state index in [-0.39, 0.29) is 11.8 Å². The Kier molecular flexibility index (Phi) is 5.88. The Bertz CT molecular complexity index is 400. The highest BCUT2D eigenvalue weighted by Crippen LogP contribution is 2.23. The maximum Gasteiger partial charge on any atom is 0.228 e. The van der Waals surface area contributed by atoms with Crippen LogP contribution in [0.5, 0.6) is 0 Å². The molecule has 0 aliphatic heterocycles. The quantitative estimate of drug-likeness (QED) is 0.820. The lowest BCUT2D eigenvalue weighted by Crippen LogP contribution is -2.30. The fourth-order valence-electron chi connectivity index (χ4n) is 1.22. The third kappa shape index (κ3) is 4.61. The van der Waals surface area contributed by atoms with E-state index in [1.54, 1.807) is 6.07 Å². The molecule has 94 valence electrons. The molecule has 1 rings (SSSR count). The van der Waals surface area contributed by atoms with Crippen LogP contribution in [0.15, 0.2) is 16.9 Å². The Balaban J connectivity index is 2.64. The molecule has 0 spiro atoms. The lowest BCUT2D eigenvalue weighted by molar-refractivity contribution is -0.119. The van der Waals surface area contributed by atoms with Gasteiger partial charge in [-0.15, -0.1) is 0 Å². The summed E-state index contributed by atoms with van der Waals surface area (Å²) in [4.78, 5) is 15.8. The van der Waals surface area contributed by atoms with Crippen LogP contribution in [0, 0.1) is 5.92 Å². The molecule has 2 N–H and O–H groups in total. The van der Waals surface area contributed by atoms with E-state index in [0.29, 0.717) is 21.9 Å². The minimum Gasteiger partial charge on any atom is -0.323 e. The van der Waals surface area contributed by atoms with Crippen molar-refractivity contribution in [3.63, 3.8) is 0 Å². The van der Waals surface area contributed by atoms with Crippen molar-refractivity contribution in [1.82, 2.24) is 10.3 Å². The van der Waals surface area contributed by atoms with E-state index in [1.807, 2.05) is 13.8 Å². The second kappa shape index (κ2) is 6.93. The molecule has 1 atom stereocenters. The molecular formula is C11H15BrClN3O. The normalized spacial score (nSPS) is 12.2. The molecule has 0 aromatic carbocycles. The Hall–Kier alpha value is -0.650. The number of aromatic nitrogens is 1. The molecule has 1 amide bonds. The van der Waals surface area contributed by atoms with Crippen LogP contribution in [-0.2, 0) is 4.79 Å². The first-order valence-corrected chi connectivity index (χ1v) is 6.54. The van der Waals surface area contributed by atoms with Gasteiger partial charge in [0.05, 0.1) is 10.7 Å². The predicted octanol–water partition coefficient (Wildman–Crippen LogP) is 2.68. The van der Waals surface area contributed by atoms with Crippen molar-refractivity contribution in [1.29, 1.82) is 0 Å². The summed E-state index contributed by atoms with van der Waals surface area (Å²) >= 11 is 9.08. The topological polar surface area (TPSA) is 54.0 Å². The summed E-state index contributed by atoms with van der Waals surface area (Å²) in [5.74, 6) is -0.170. The molecule has 1 aromatic rings. The Morgan fingerprint density at radius 2 is 2.35 bits per heavy atom. The molecule has 0 saturated carbocycles. The number of carbonyl (C=O) groups excluding carboxylic acids is 1. The van der Waals surface area contributed by atoms with E-state index in [9.17, 15) is 4.79 Å². The highest BCUT2D eigenvalue weighted by molar-refractivity contribution is 9.10. The van der Waals surface area contributed by atoms with E-state index in [4.69, 9.17) is 11.6 Å². The summed E-state index contributed by atoms with van der Waals surface area (Å²) in [6.07, 6.45) is 1.52. The minimum atomic E-state index is -0.110. The van der Waals surface area contributed by atoms with Crippen LogP contribution < -0.4 is 10.6 Å². The van der Waals surface area contributed by atoms with E-state index in [0.717, 1.165) is 6.54 Å². The first-order valence-electron chi connectivity index (χ1n) is 5.37. The van der Waals surface area contributed by atoms with Crippen molar-refractivity contribution >= 4 is 39.1 Å². The number of hydrogen-bond acceptors (Lipinski definition) is 3. The zero-order valence-corrected chi connectivity index (χ0v) is 12.1. The predicted molar refractivity (Wildman–Crippen MR) is 73.3 cm³/mol. The standard InChI is InChI=1S/C11H15BrClN3O/c1-3-14-5-7(2)11(17)16-9-4-8(13)6-15-10(9)12/h4,6-7,14H,3,5H2,1-2H3,(H,16,17). The summed E-state index contributed by atoms with van der Waals surface area (Å²) < 4.78 is 0.575. The number of rotatable bonds is 5. The molecule has 1 heterocycles. The zero-order valence-electron chi connectivity index (χ0n) is 9.76. The first kappa shape index (κ1) is 14.4. The number of amides is 1. The lowest BCUT2D eigenvalue weighted by Gasteiger charge is -2.13. The van der Waals surface area contributed by atoms with Gasteiger partial charge in [0.25, 0.3) is 0 Å². The van der Waals surface area contributed by atoms with Crippen molar-refractivity contribution in [2.75, 3.05) is 18.4 Å². The van der Waals surface area contributed by atoms with Gasteiger partial charge in [0.1, 0.15) is 4.60 Å². The number of halogens is 2. The van der Waals surface area contributed by atoms with Gasteiger partial charge in [-0.05, 0) is 28.5 Å². The van der Waals surface area contributed by atoms with Crippen LogP contribution in [0.4, 0.5) is 5.69 Å². The molecule has 0 radical (unpaired) electrons. The van der Waals surface area contributed by atoms with Crippen LogP contribution in [0.2, 0.25) is 5.02 Å². The third-order valence-corrected chi connectivity index (χ3v) is 3.05. The van der Waals surface area contributed by atoms with Crippen LogP contribution in [0.1, 0.15) is 13.8 Å². The number of hydrogen-bond donors (Lipinski definition) is 2. The summed E-state index contributed by atoms with van der Waals surface area (Å²) in [7, 11) is 0. The maximum absolute atomic E-state index is 11.8. The van der Waals surface area contributed by atoms with Crippen molar-refractivity contribution in [3.05, 3.63) is 21.9 Å². The summed E-state index contributed by atoms with van der Waals surface area (Å²) in [5.41, 5.74) is 0.589. The van der Waals surface area contributed by atoms with Gasteiger partial charge in [-0.2, -0.15) is 0 Å². The molecule has 17 heavy (non-hydrogen) atoms. The van der Waals surface area contributed by atoms with Crippen molar-refractivity contribution in [3.8, 4) is 0 Å². The largest absolute Gasteiger partial charge is 0.323 e. The highest BCUT2D eigenvalue weighted by Gasteiger charge is 2.14. The summed E-state index contributed by atoms with van der Waals surface area (Å²) in [6, 6.07) is 1.66. The highest BCUT2D eigenvalue weighted by atomic mass is 79.9. The van der Waals surface area contributed by atoms with Crippen molar-refractivity contribution in [2.24, 2.45) is 5.92 Å². The SMILES string of the molecule is CCNCC(C)C(=O)Nc1cc(Cl)cnc1Br. The number of nitrogens with one attached hydrogen (secondary N) is 2. The Morgan fingerprint density at radius 1 is 1.65 bits per heavy atom. The van der Waals surface area contributed by atoms with E-state index >= 15 is 0 Å². The molecule has 0 saturated heterocycles. The molecule has 0 aliphatic rings. The van der Waals surface area contributed by atoms with Gasteiger partial charge < -0.3 is 10.6 Å². The molecule has 4 nitrogen and oxygen atoms in total. The Labute approximate surface area is 114 Å². The van der Waals surface area contributed by atoms with E-state index < -0.39 is 0 Å². The second-order valence-corrected chi connectivity index (χ2v) is 4.88. The summed E-state index contributed by atoms with van der Waals surface area (Å²) in [5, 5.41) is 6.40. The average Bonchev–Trinajstić information content (AvgIpc) is 2.30. The number of anilines is 1. The summed E-state index contributed by atoms with van der Waals surface area (Å²) in [6.45, 7) is 5.36. The van der Waals surface area contributed by atoms with Crippen LogP contribution >= 0.6 is 27.5 Å². The molecular weight excluding hydrogens is 305 g/mol. The molecule has 6 heteroatoms. The second-order valence-electron chi connectivity index (χ2n) is 3.69. The van der Waals surface area contributed by atoms with Crippen LogP contribution in [-0.4, -0.2) is 24.0 Å². The average molecular weight is 321 g/mol. The van der Waals surface area contributed by atoms with Crippen molar-refractivity contribution in [2.45, 2.75) is 13.8 Å². The van der Waals surface area contributed by atoms with Crippen LogP contribution in [0.25, 0.3) is 0 Å². The fraction of sp³-hybridized carbons (Fsp3) is 0.455. The first-order chi connectivity index (χ1) is 8.04. The molecule has 1 aromatic heterocycles. The molecule has 0 aliphatic carbocycles. The number of carbonyl (C=O) groups is 1. The molecule has 0 fully saturated rings. The molecule has 1 unspecified atom stereocenters. The van der Waals surface area contributed by atoms with Gasteiger partial charge in [-0.3, -0.25) is 4.79 Å². The number of nitrogens with zero attached hydrogens (tertiary/aromatic N) is 1. The van der Waals surface area contributed by atoms with Crippen molar-refractivity contribution < 1.29 is 4.79 Å². The lowest BCUT2D eigenvalue weighted by atomic mass is 10.1. The van der Waals surface area contributed by atoms with Gasteiger partial charge in [-0.1, -0.05) is 25.4 Å². The maximum atomic E-state index is 11.8. The van der Waals surface area contributed by atoms with E-state index in [1.165, 1.54) is 6.20 Å². The van der Waals surface area contributed by atoms with E-state index in [2.05, 4.69) is 31.5 Å².